The van der Waals surface area contributed by atoms with Gasteiger partial charge >= 0.3 is 0 Å². The van der Waals surface area contributed by atoms with Gasteiger partial charge in [0.05, 0.1) is 18.8 Å². The lowest BCUT2D eigenvalue weighted by molar-refractivity contribution is -0.123. The second-order valence-corrected chi connectivity index (χ2v) is 13.7. The van der Waals surface area contributed by atoms with Crippen molar-refractivity contribution in [2.75, 3.05) is 6.61 Å². The molecule has 4 heteroatoms. The predicted molar refractivity (Wildman–Crippen MR) is 198 cm³/mol. The molecule has 0 saturated heterocycles. The maximum absolute atomic E-state index is 12.3. The van der Waals surface area contributed by atoms with Crippen LogP contribution in [0.4, 0.5) is 0 Å². The molecule has 2 unspecified atom stereocenters. The Morgan fingerprint density at radius 3 is 1.29 bits per heavy atom. The molecule has 0 radical (unpaired) electrons. The zero-order valence-corrected chi connectivity index (χ0v) is 30.4. The van der Waals surface area contributed by atoms with Crippen molar-refractivity contribution in [3.05, 3.63) is 24.3 Å². The van der Waals surface area contributed by atoms with Crippen molar-refractivity contribution in [1.29, 1.82) is 0 Å². The number of hydrogen-bond acceptors (Lipinski definition) is 3. The SMILES string of the molecule is CCCCCCCCCC/C=C/CC/C=C/C(O)C(CO)NC(=O)CCCCCCCCCCCCCCCCCCCCC. The number of aliphatic hydroxyl groups is 2. The van der Waals surface area contributed by atoms with Crippen LogP contribution in [0.15, 0.2) is 24.3 Å². The van der Waals surface area contributed by atoms with Gasteiger partial charge in [-0.15, -0.1) is 0 Å². The molecule has 0 aromatic rings. The number of hydrogen-bond donors (Lipinski definition) is 3. The minimum Gasteiger partial charge on any atom is -0.394 e. The Balaban J connectivity index is 3.59. The van der Waals surface area contributed by atoms with Gasteiger partial charge in [-0.2, -0.15) is 0 Å². The Kier molecular flexibility index (Phi) is 36.4. The number of allylic oxidation sites excluding steroid dienone is 3. The van der Waals surface area contributed by atoms with Crippen LogP contribution in [0.5, 0.6) is 0 Å². The van der Waals surface area contributed by atoms with Gasteiger partial charge in [0.25, 0.3) is 0 Å². The van der Waals surface area contributed by atoms with Crippen molar-refractivity contribution >= 4 is 5.91 Å². The van der Waals surface area contributed by atoms with Crippen LogP contribution in [0.2, 0.25) is 0 Å². The van der Waals surface area contributed by atoms with Crippen molar-refractivity contribution in [2.45, 2.75) is 225 Å². The Labute approximate surface area is 281 Å². The lowest BCUT2D eigenvalue weighted by atomic mass is 10.0. The summed E-state index contributed by atoms with van der Waals surface area (Å²) in [6, 6.07) is -0.633. The average Bonchev–Trinajstić information content (AvgIpc) is 3.04. The van der Waals surface area contributed by atoms with Gasteiger partial charge < -0.3 is 15.5 Å². The second kappa shape index (κ2) is 37.3. The van der Waals surface area contributed by atoms with Crippen molar-refractivity contribution in [3.8, 4) is 0 Å². The highest BCUT2D eigenvalue weighted by Crippen LogP contribution is 2.15. The summed E-state index contributed by atoms with van der Waals surface area (Å²) in [6.45, 7) is 4.29. The maximum Gasteiger partial charge on any atom is 0.220 e. The van der Waals surface area contributed by atoms with E-state index in [1.54, 1.807) is 6.08 Å². The normalized spacial score (nSPS) is 13.2. The van der Waals surface area contributed by atoms with E-state index in [9.17, 15) is 15.0 Å². The first-order valence-electron chi connectivity index (χ1n) is 20.1. The molecule has 0 aliphatic heterocycles. The monoisotopic (exact) mass is 634 g/mol. The van der Waals surface area contributed by atoms with Gasteiger partial charge in [0.1, 0.15) is 0 Å². The highest BCUT2D eigenvalue weighted by Gasteiger charge is 2.17. The number of rotatable bonds is 36. The fraction of sp³-hybridized carbons (Fsp3) is 0.878. The Morgan fingerprint density at radius 2 is 0.867 bits per heavy atom. The van der Waals surface area contributed by atoms with Crippen LogP contribution >= 0.6 is 0 Å². The van der Waals surface area contributed by atoms with Crippen molar-refractivity contribution < 1.29 is 15.0 Å². The van der Waals surface area contributed by atoms with Crippen LogP contribution in [0.25, 0.3) is 0 Å². The fourth-order valence-corrected chi connectivity index (χ4v) is 6.08. The van der Waals surface area contributed by atoms with Crippen molar-refractivity contribution in [3.63, 3.8) is 0 Å². The number of carbonyl (C=O) groups excluding carboxylic acids is 1. The first-order valence-corrected chi connectivity index (χ1v) is 20.1. The fourth-order valence-electron chi connectivity index (χ4n) is 6.08. The molecule has 0 saturated carbocycles. The minimum atomic E-state index is -0.856. The van der Waals surface area contributed by atoms with Gasteiger partial charge in [0.2, 0.25) is 5.91 Å². The zero-order valence-electron chi connectivity index (χ0n) is 30.4. The molecule has 3 N–H and O–H groups in total. The lowest BCUT2D eigenvalue weighted by Crippen LogP contribution is -2.45. The van der Waals surface area contributed by atoms with E-state index in [0.717, 1.165) is 32.1 Å². The maximum atomic E-state index is 12.3. The van der Waals surface area contributed by atoms with Crippen LogP contribution < -0.4 is 5.32 Å². The number of amides is 1. The Bertz CT molecular complexity index is 647. The smallest absolute Gasteiger partial charge is 0.220 e. The molecule has 266 valence electrons. The lowest BCUT2D eigenvalue weighted by Gasteiger charge is -2.19. The topological polar surface area (TPSA) is 69.6 Å². The number of nitrogens with one attached hydrogen (secondary N) is 1. The van der Waals surface area contributed by atoms with Gasteiger partial charge in [0, 0.05) is 6.42 Å². The van der Waals surface area contributed by atoms with Gasteiger partial charge in [-0.3, -0.25) is 4.79 Å². The molecule has 4 nitrogen and oxygen atoms in total. The van der Waals surface area contributed by atoms with E-state index < -0.39 is 12.1 Å². The van der Waals surface area contributed by atoms with Crippen LogP contribution in [0, 0.1) is 0 Å². The first-order chi connectivity index (χ1) is 22.2. The summed E-state index contributed by atoms with van der Waals surface area (Å²) in [5.74, 6) is -0.0719. The summed E-state index contributed by atoms with van der Waals surface area (Å²) >= 11 is 0. The van der Waals surface area contributed by atoms with Gasteiger partial charge in [0.15, 0.2) is 0 Å². The van der Waals surface area contributed by atoms with E-state index in [4.69, 9.17) is 0 Å². The third kappa shape index (κ3) is 34.0. The largest absolute Gasteiger partial charge is 0.394 e. The molecule has 45 heavy (non-hydrogen) atoms. The van der Waals surface area contributed by atoms with Crippen molar-refractivity contribution in [2.24, 2.45) is 0 Å². The third-order valence-corrected chi connectivity index (χ3v) is 9.19. The molecule has 0 rings (SSSR count). The minimum absolute atomic E-state index is 0.0719. The Hall–Kier alpha value is -1.13. The van der Waals surface area contributed by atoms with E-state index in [1.807, 2.05) is 6.08 Å². The van der Waals surface area contributed by atoms with Crippen LogP contribution in [-0.4, -0.2) is 34.9 Å². The number of carbonyl (C=O) groups is 1. The average molecular weight is 634 g/mol. The quantitative estimate of drug-likeness (QED) is 0.0475. The number of unbranched alkanes of at least 4 members (excludes halogenated alkanes) is 27. The summed E-state index contributed by atoms with van der Waals surface area (Å²) in [5.41, 5.74) is 0. The molecular weight excluding hydrogens is 554 g/mol. The second-order valence-electron chi connectivity index (χ2n) is 13.7. The van der Waals surface area contributed by atoms with E-state index in [0.29, 0.717) is 6.42 Å². The Morgan fingerprint density at radius 1 is 0.511 bits per heavy atom. The first kappa shape index (κ1) is 43.9. The molecule has 0 heterocycles. The molecule has 0 aromatic carbocycles. The molecule has 1 amide bonds. The highest BCUT2D eigenvalue weighted by molar-refractivity contribution is 5.76. The summed E-state index contributed by atoms with van der Waals surface area (Å²) < 4.78 is 0. The molecule has 0 spiro atoms. The summed E-state index contributed by atoms with van der Waals surface area (Å²) in [7, 11) is 0. The molecule has 0 aromatic heterocycles. The molecule has 0 bridgehead atoms. The van der Waals surface area contributed by atoms with E-state index in [2.05, 4.69) is 31.3 Å². The zero-order chi connectivity index (χ0) is 32.9. The van der Waals surface area contributed by atoms with E-state index in [1.165, 1.54) is 161 Å². The third-order valence-electron chi connectivity index (χ3n) is 9.19. The molecule has 0 fully saturated rings. The summed E-state index contributed by atoms with van der Waals surface area (Å²) in [4.78, 5) is 12.3. The molecule has 0 aliphatic rings. The molecule has 2 atom stereocenters. The van der Waals surface area contributed by atoms with Gasteiger partial charge in [-0.05, 0) is 32.1 Å². The van der Waals surface area contributed by atoms with E-state index in [-0.39, 0.29) is 12.5 Å². The van der Waals surface area contributed by atoms with Crippen LogP contribution in [0.3, 0.4) is 0 Å². The molecular formula is C41H79NO3. The van der Waals surface area contributed by atoms with Crippen LogP contribution in [-0.2, 0) is 4.79 Å². The van der Waals surface area contributed by atoms with Crippen molar-refractivity contribution in [1.82, 2.24) is 5.32 Å². The van der Waals surface area contributed by atoms with Gasteiger partial charge in [-0.25, -0.2) is 0 Å². The molecule has 0 aliphatic carbocycles. The number of aliphatic hydroxyl groups excluding tert-OH is 2. The standard InChI is InChI=1S/C41H79NO3/c1-3-5-7-9-11-13-15-17-19-20-21-22-23-25-27-29-31-33-35-37-41(45)42-39(38-43)40(44)36-34-32-30-28-26-24-18-16-14-12-10-8-6-4-2/h26,28,34,36,39-40,43-44H,3-25,27,29-33,35,37-38H2,1-2H3,(H,42,45)/b28-26+,36-34+. The highest BCUT2D eigenvalue weighted by atomic mass is 16.3. The van der Waals surface area contributed by atoms with E-state index >= 15 is 0 Å². The van der Waals surface area contributed by atoms with Gasteiger partial charge in [-0.1, -0.05) is 199 Å². The summed E-state index contributed by atoms with van der Waals surface area (Å²) in [6.07, 6.45) is 47.0. The summed E-state index contributed by atoms with van der Waals surface area (Å²) in [5, 5.41) is 22.9. The predicted octanol–water partition coefficient (Wildman–Crippen LogP) is 12.1. The van der Waals surface area contributed by atoms with Crippen LogP contribution in [0.1, 0.15) is 213 Å².